The number of likely N-dealkylation sites (tertiary alicyclic amines) is 1. The van der Waals surface area contributed by atoms with Crippen molar-refractivity contribution >= 4 is 11.9 Å². The summed E-state index contributed by atoms with van der Waals surface area (Å²) < 4.78 is 31.5. The normalized spacial score (nSPS) is 15.9. The molecule has 0 bridgehead atoms. The van der Waals surface area contributed by atoms with Crippen molar-refractivity contribution in [2.75, 3.05) is 19.7 Å². The quantitative estimate of drug-likeness (QED) is 0.630. The summed E-state index contributed by atoms with van der Waals surface area (Å²) in [4.78, 5) is 28.3. The summed E-state index contributed by atoms with van der Waals surface area (Å²) in [6.07, 6.45) is 1.97. The highest BCUT2D eigenvalue weighted by atomic mass is 19.2. The molecule has 1 aliphatic heterocycles. The zero-order valence-electron chi connectivity index (χ0n) is 11.6. The predicted octanol–water partition coefficient (Wildman–Crippen LogP) is 1.78. The van der Waals surface area contributed by atoms with E-state index in [2.05, 4.69) is 4.98 Å². The van der Waals surface area contributed by atoms with E-state index in [-0.39, 0.29) is 17.5 Å². The van der Waals surface area contributed by atoms with Crippen LogP contribution in [0.4, 0.5) is 8.78 Å². The molecule has 2 heterocycles. The van der Waals surface area contributed by atoms with Gasteiger partial charge in [0, 0.05) is 19.3 Å². The van der Waals surface area contributed by atoms with E-state index in [1.54, 1.807) is 6.92 Å². The van der Waals surface area contributed by atoms with Crippen LogP contribution in [0.5, 0.6) is 0 Å². The van der Waals surface area contributed by atoms with Crippen molar-refractivity contribution in [3.8, 4) is 0 Å². The van der Waals surface area contributed by atoms with Gasteiger partial charge in [-0.05, 0) is 25.8 Å². The lowest BCUT2D eigenvalue weighted by Gasteiger charge is -2.31. The van der Waals surface area contributed by atoms with Crippen LogP contribution in [0.2, 0.25) is 0 Å². The Labute approximate surface area is 120 Å². The summed E-state index contributed by atoms with van der Waals surface area (Å²) in [5.41, 5.74) is -0.336. The van der Waals surface area contributed by atoms with Crippen LogP contribution in [0.3, 0.4) is 0 Å². The highest BCUT2D eigenvalue weighted by Crippen LogP contribution is 2.21. The molecule has 5 nitrogen and oxygen atoms in total. The van der Waals surface area contributed by atoms with Crippen LogP contribution in [0.1, 0.15) is 30.1 Å². The van der Waals surface area contributed by atoms with Gasteiger partial charge in [-0.15, -0.1) is 0 Å². The van der Waals surface area contributed by atoms with E-state index in [0.29, 0.717) is 32.5 Å². The lowest BCUT2D eigenvalue weighted by molar-refractivity contribution is -0.149. The van der Waals surface area contributed by atoms with Crippen LogP contribution in [0.15, 0.2) is 12.3 Å². The van der Waals surface area contributed by atoms with Crippen molar-refractivity contribution in [2.24, 2.45) is 5.92 Å². The van der Waals surface area contributed by atoms with Crippen LogP contribution in [-0.4, -0.2) is 41.5 Å². The molecular weight excluding hydrogens is 282 g/mol. The number of esters is 1. The standard InChI is InChI=1S/C14H16F2N2O3/c1-2-21-14(20)9-4-7-18(8-5-9)13(19)10-3-6-17-12(16)11(10)15/h3,6,9H,2,4-5,7-8H2,1H3. The van der Waals surface area contributed by atoms with E-state index < -0.39 is 17.7 Å². The Kier molecular flexibility index (Phi) is 4.82. The number of hydrogen-bond donors (Lipinski definition) is 0. The fourth-order valence-electron chi connectivity index (χ4n) is 2.33. The van der Waals surface area contributed by atoms with Crippen LogP contribution < -0.4 is 0 Å². The van der Waals surface area contributed by atoms with Crippen LogP contribution in [-0.2, 0) is 9.53 Å². The largest absolute Gasteiger partial charge is 0.466 e. The molecule has 114 valence electrons. The van der Waals surface area contributed by atoms with Gasteiger partial charge >= 0.3 is 5.97 Å². The fraction of sp³-hybridized carbons (Fsp3) is 0.500. The monoisotopic (exact) mass is 298 g/mol. The number of ether oxygens (including phenoxy) is 1. The molecule has 1 aliphatic rings. The molecule has 0 spiro atoms. The number of nitrogens with zero attached hydrogens (tertiary/aromatic N) is 2. The third-order valence-electron chi connectivity index (χ3n) is 3.48. The average Bonchev–Trinajstić information content (AvgIpc) is 2.50. The smallest absolute Gasteiger partial charge is 0.309 e. The van der Waals surface area contributed by atoms with E-state index in [1.807, 2.05) is 0 Å². The van der Waals surface area contributed by atoms with Crippen molar-refractivity contribution in [1.29, 1.82) is 0 Å². The number of carbonyl (C=O) groups is 2. The number of carbonyl (C=O) groups excluding carboxylic acids is 2. The molecule has 2 rings (SSSR count). The van der Waals surface area contributed by atoms with Gasteiger partial charge in [-0.1, -0.05) is 0 Å². The fourth-order valence-corrected chi connectivity index (χ4v) is 2.33. The van der Waals surface area contributed by atoms with E-state index in [1.165, 1.54) is 4.90 Å². The van der Waals surface area contributed by atoms with E-state index in [9.17, 15) is 18.4 Å². The minimum Gasteiger partial charge on any atom is -0.466 e. The molecule has 1 aromatic rings. The average molecular weight is 298 g/mol. The van der Waals surface area contributed by atoms with Gasteiger partial charge in [0.15, 0.2) is 5.82 Å². The molecule has 0 atom stereocenters. The van der Waals surface area contributed by atoms with Crippen LogP contribution in [0, 0.1) is 17.7 Å². The third-order valence-corrected chi connectivity index (χ3v) is 3.48. The van der Waals surface area contributed by atoms with Gasteiger partial charge in [-0.3, -0.25) is 9.59 Å². The van der Waals surface area contributed by atoms with Gasteiger partial charge in [0.2, 0.25) is 5.95 Å². The van der Waals surface area contributed by atoms with E-state index in [4.69, 9.17) is 4.74 Å². The Hall–Kier alpha value is -2.05. The lowest BCUT2D eigenvalue weighted by Crippen LogP contribution is -2.41. The minimum atomic E-state index is -1.29. The Balaban J connectivity index is 2.00. The number of hydrogen-bond acceptors (Lipinski definition) is 4. The van der Waals surface area contributed by atoms with E-state index >= 15 is 0 Å². The van der Waals surface area contributed by atoms with Gasteiger partial charge in [0.25, 0.3) is 5.91 Å². The Morgan fingerprint density at radius 1 is 1.38 bits per heavy atom. The summed E-state index contributed by atoms with van der Waals surface area (Å²) >= 11 is 0. The molecule has 7 heteroatoms. The maximum atomic E-state index is 13.6. The molecule has 0 aliphatic carbocycles. The molecular formula is C14H16F2N2O3. The highest BCUT2D eigenvalue weighted by molar-refractivity contribution is 5.94. The zero-order chi connectivity index (χ0) is 15.4. The molecule has 0 unspecified atom stereocenters. The number of rotatable bonds is 3. The molecule has 0 aromatic carbocycles. The SMILES string of the molecule is CCOC(=O)C1CCN(C(=O)c2ccnc(F)c2F)CC1. The van der Waals surface area contributed by atoms with Crippen molar-refractivity contribution in [3.05, 3.63) is 29.6 Å². The second-order valence-corrected chi connectivity index (χ2v) is 4.78. The number of piperidine rings is 1. The molecule has 0 radical (unpaired) electrons. The molecule has 1 aromatic heterocycles. The topological polar surface area (TPSA) is 59.5 Å². The Bertz CT molecular complexity index is 543. The lowest BCUT2D eigenvalue weighted by atomic mass is 9.96. The van der Waals surface area contributed by atoms with E-state index in [0.717, 1.165) is 12.3 Å². The number of amides is 1. The van der Waals surface area contributed by atoms with Crippen LogP contribution >= 0.6 is 0 Å². The number of halogens is 2. The Morgan fingerprint density at radius 3 is 2.67 bits per heavy atom. The summed E-state index contributed by atoms with van der Waals surface area (Å²) in [5, 5.41) is 0. The van der Waals surface area contributed by atoms with Crippen molar-refractivity contribution in [1.82, 2.24) is 9.88 Å². The molecule has 1 amide bonds. The summed E-state index contributed by atoms with van der Waals surface area (Å²) in [6.45, 7) is 2.67. The van der Waals surface area contributed by atoms with Crippen LogP contribution in [0.25, 0.3) is 0 Å². The highest BCUT2D eigenvalue weighted by Gasteiger charge is 2.30. The molecule has 21 heavy (non-hydrogen) atoms. The van der Waals surface area contributed by atoms with Gasteiger partial charge < -0.3 is 9.64 Å². The van der Waals surface area contributed by atoms with Gasteiger partial charge in [-0.25, -0.2) is 9.37 Å². The molecule has 1 saturated heterocycles. The minimum absolute atomic E-state index is 0.243. The number of pyridine rings is 1. The molecule has 0 N–H and O–H groups in total. The second-order valence-electron chi connectivity index (χ2n) is 4.78. The zero-order valence-corrected chi connectivity index (χ0v) is 11.6. The first-order valence-electron chi connectivity index (χ1n) is 6.80. The first kappa shape index (κ1) is 15.3. The summed E-state index contributed by atoms with van der Waals surface area (Å²) in [5.74, 6) is -3.63. The van der Waals surface area contributed by atoms with Gasteiger partial charge in [-0.2, -0.15) is 4.39 Å². The first-order chi connectivity index (χ1) is 10.0. The third kappa shape index (κ3) is 3.34. The van der Waals surface area contributed by atoms with Crippen molar-refractivity contribution in [3.63, 3.8) is 0 Å². The predicted molar refractivity (Wildman–Crippen MR) is 69.4 cm³/mol. The Morgan fingerprint density at radius 2 is 2.05 bits per heavy atom. The van der Waals surface area contributed by atoms with Crippen molar-refractivity contribution in [2.45, 2.75) is 19.8 Å². The molecule has 1 fully saturated rings. The second kappa shape index (κ2) is 6.60. The molecule has 0 saturated carbocycles. The summed E-state index contributed by atoms with van der Waals surface area (Å²) in [6, 6.07) is 1.15. The maximum Gasteiger partial charge on any atom is 0.309 e. The maximum absolute atomic E-state index is 13.6. The van der Waals surface area contributed by atoms with Gasteiger partial charge in [0.1, 0.15) is 0 Å². The first-order valence-corrected chi connectivity index (χ1v) is 6.80. The van der Waals surface area contributed by atoms with Crippen molar-refractivity contribution < 1.29 is 23.1 Å². The van der Waals surface area contributed by atoms with Gasteiger partial charge in [0.05, 0.1) is 18.1 Å². The summed E-state index contributed by atoms with van der Waals surface area (Å²) in [7, 11) is 0. The number of aromatic nitrogens is 1.